The predicted molar refractivity (Wildman–Crippen MR) is 53.7 cm³/mol. The SMILES string of the molecule is CC1NC(=O)C2CCCCC2N1.Cl. The molecule has 3 atom stereocenters. The minimum absolute atomic E-state index is 0. The lowest BCUT2D eigenvalue weighted by Crippen LogP contribution is -2.60. The topological polar surface area (TPSA) is 41.1 Å². The van der Waals surface area contributed by atoms with Crippen molar-refractivity contribution >= 4 is 18.3 Å². The zero-order valence-corrected chi connectivity index (χ0v) is 8.69. The molecular weight excluding hydrogens is 188 g/mol. The molecule has 0 aromatic rings. The van der Waals surface area contributed by atoms with Crippen molar-refractivity contribution in [2.75, 3.05) is 0 Å². The Labute approximate surface area is 85.1 Å². The molecule has 1 amide bonds. The summed E-state index contributed by atoms with van der Waals surface area (Å²) >= 11 is 0. The van der Waals surface area contributed by atoms with Gasteiger partial charge < -0.3 is 5.32 Å². The number of carbonyl (C=O) groups excluding carboxylic acids is 1. The van der Waals surface area contributed by atoms with E-state index in [1.807, 2.05) is 6.92 Å². The van der Waals surface area contributed by atoms with Gasteiger partial charge in [0.15, 0.2) is 0 Å². The third kappa shape index (κ3) is 2.15. The van der Waals surface area contributed by atoms with Crippen LogP contribution < -0.4 is 10.6 Å². The average Bonchev–Trinajstić information content (AvgIpc) is 2.04. The Balaban J connectivity index is 0.000000845. The fourth-order valence-electron chi connectivity index (χ4n) is 2.33. The van der Waals surface area contributed by atoms with Crippen molar-refractivity contribution in [1.29, 1.82) is 0 Å². The van der Waals surface area contributed by atoms with Crippen LogP contribution in [0.2, 0.25) is 0 Å². The summed E-state index contributed by atoms with van der Waals surface area (Å²) in [7, 11) is 0. The van der Waals surface area contributed by atoms with E-state index >= 15 is 0 Å². The Morgan fingerprint density at radius 2 is 2.00 bits per heavy atom. The molecule has 2 fully saturated rings. The second-order valence-corrected chi connectivity index (χ2v) is 3.89. The Hall–Kier alpha value is -0.280. The molecule has 13 heavy (non-hydrogen) atoms. The fourth-order valence-corrected chi connectivity index (χ4v) is 2.33. The van der Waals surface area contributed by atoms with Crippen molar-refractivity contribution in [3.63, 3.8) is 0 Å². The molecule has 1 saturated carbocycles. The van der Waals surface area contributed by atoms with E-state index in [0.29, 0.717) is 6.04 Å². The lowest BCUT2D eigenvalue weighted by molar-refractivity contribution is -0.130. The van der Waals surface area contributed by atoms with Crippen molar-refractivity contribution in [1.82, 2.24) is 10.6 Å². The van der Waals surface area contributed by atoms with E-state index in [2.05, 4.69) is 10.6 Å². The van der Waals surface area contributed by atoms with Gasteiger partial charge in [-0.2, -0.15) is 0 Å². The number of hydrogen-bond donors (Lipinski definition) is 2. The maximum absolute atomic E-state index is 11.5. The molecule has 2 N–H and O–H groups in total. The summed E-state index contributed by atoms with van der Waals surface area (Å²) in [6, 6.07) is 0.447. The number of carbonyl (C=O) groups is 1. The van der Waals surface area contributed by atoms with Gasteiger partial charge in [-0.25, -0.2) is 0 Å². The number of amides is 1. The van der Waals surface area contributed by atoms with Crippen LogP contribution in [-0.2, 0) is 4.79 Å². The number of rotatable bonds is 0. The normalized spacial score (nSPS) is 38.5. The molecular formula is C9H17ClN2O. The predicted octanol–water partition coefficient (Wildman–Crippen LogP) is 1.03. The number of hydrogen-bond acceptors (Lipinski definition) is 2. The van der Waals surface area contributed by atoms with Gasteiger partial charge in [0.1, 0.15) is 0 Å². The second-order valence-electron chi connectivity index (χ2n) is 3.89. The van der Waals surface area contributed by atoms with E-state index in [0.717, 1.165) is 6.42 Å². The maximum Gasteiger partial charge on any atom is 0.225 e. The van der Waals surface area contributed by atoms with Gasteiger partial charge >= 0.3 is 0 Å². The Morgan fingerprint density at radius 3 is 2.77 bits per heavy atom. The first kappa shape index (κ1) is 10.8. The van der Waals surface area contributed by atoms with Crippen LogP contribution in [0.5, 0.6) is 0 Å². The summed E-state index contributed by atoms with van der Waals surface area (Å²) in [4.78, 5) is 11.5. The van der Waals surface area contributed by atoms with Crippen molar-refractivity contribution in [2.45, 2.75) is 44.8 Å². The summed E-state index contributed by atoms with van der Waals surface area (Å²) in [5.74, 6) is 0.501. The van der Waals surface area contributed by atoms with Gasteiger partial charge in [-0.1, -0.05) is 12.8 Å². The van der Waals surface area contributed by atoms with Crippen LogP contribution in [0.4, 0.5) is 0 Å². The molecule has 1 aliphatic heterocycles. The number of fused-ring (bicyclic) bond motifs is 1. The molecule has 1 aliphatic carbocycles. The number of nitrogens with one attached hydrogen (secondary N) is 2. The molecule has 1 saturated heterocycles. The Morgan fingerprint density at radius 1 is 1.31 bits per heavy atom. The molecule has 0 radical (unpaired) electrons. The molecule has 2 aliphatic rings. The van der Waals surface area contributed by atoms with Crippen LogP contribution in [-0.4, -0.2) is 18.1 Å². The lowest BCUT2D eigenvalue weighted by atomic mass is 9.82. The monoisotopic (exact) mass is 204 g/mol. The zero-order valence-electron chi connectivity index (χ0n) is 7.88. The molecule has 3 unspecified atom stereocenters. The van der Waals surface area contributed by atoms with Crippen molar-refractivity contribution in [3.05, 3.63) is 0 Å². The fraction of sp³-hybridized carbons (Fsp3) is 0.889. The minimum atomic E-state index is 0. The van der Waals surface area contributed by atoms with Gasteiger partial charge in [-0.3, -0.25) is 10.1 Å². The summed E-state index contributed by atoms with van der Waals surface area (Å²) in [6.45, 7) is 2.00. The molecule has 4 heteroatoms. The standard InChI is InChI=1S/C9H16N2O.ClH/c1-6-10-8-5-3-2-4-7(8)9(12)11-6;/h6-8,10H,2-5H2,1H3,(H,11,12);1H. The van der Waals surface area contributed by atoms with Crippen LogP contribution in [0.15, 0.2) is 0 Å². The zero-order chi connectivity index (χ0) is 8.55. The van der Waals surface area contributed by atoms with E-state index in [9.17, 15) is 4.79 Å². The van der Waals surface area contributed by atoms with Crippen LogP contribution in [0.1, 0.15) is 32.6 Å². The highest BCUT2D eigenvalue weighted by Crippen LogP contribution is 2.26. The van der Waals surface area contributed by atoms with E-state index in [1.54, 1.807) is 0 Å². The van der Waals surface area contributed by atoms with Crippen molar-refractivity contribution < 1.29 is 4.79 Å². The van der Waals surface area contributed by atoms with Gasteiger partial charge in [0.2, 0.25) is 5.91 Å². The highest BCUT2D eigenvalue weighted by molar-refractivity contribution is 5.85. The highest BCUT2D eigenvalue weighted by atomic mass is 35.5. The van der Waals surface area contributed by atoms with Gasteiger partial charge in [0.05, 0.1) is 12.1 Å². The van der Waals surface area contributed by atoms with Crippen LogP contribution in [0, 0.1) is 5.92 Å². The summed E-state index contributed by atoms with van der Waals surface area (Å²) in [5, 5.41) is 6.35. The Kier molecular flexibility index (Phi) is 3.56. The summed E-state index contributed by atoms with van der Waals surface area (Å²) in [5.41, 5.74) is 0. The van der Waals surface area contributed by atoms with E-state index in [1.165, 1.54) is 19.3 Å². The van der Waals surface area contributed by atoms with E-state index in [-0.39, 0.29) is 30.4 Å². The first-order chi connectivity index (χ1) is 5.77. The second kappa shape index (κ2) is 4.29. The van der Waals surface area contributed by atoms with Crippen molar-refractivity contribution in [3.8, 4) is 0 Å². The first-order valence-corrected chi connectivity index (χ1v) is 4.84. The van der Waals surface area contributed by atoms with Gasteiger partial charge in [0, 0.05) is 6.04 Å². The van der Waals surface area contributed by atoms with Crippen molar-refractivity contribution in [2.24, 2.45) is 5.92 Å². The third-order valence-corrected chi connectivity index (χ3v) is 2.93. The molecule has 0 aromatic heterocycles. The molecule has 0 aromatic carbocycles. The molecule has 1 heterocycles. The smallest absolute Gasteiger partial charge is 0.225 e. The number of halogens is 1. The molecule has 76 valence electrons. The third-order valence-electron chi connectivity index (χ3n) is 2.93. The van der Waals surface area contributed by atoms with Gasteiger partial charge in [-0.15, -0.1) is 12.4 Å². The van der Waals surface area contributed by atoms with E-state index < -0.39 is 0 Å². The van der Waals surface area contributed by atoms with Crippen LogP contribution >= 0.6 is 12.4 Å². The highest BCUT2D eigenvalue weighted by Gasteiger charge is 2.35. The van der Waals surface area contributed by atoms with E-state index in [4.69, 9.17) is 0 Å². The molecule has 0 spiro atoms. The molecule has 0 bridgehead atoms. The maximum atomic E-state index is 11.5. The van der Waals surface area contributed by atoms with Crippen LogP contribution in [0.3, 0.4) is 0 Å². The minimum Gasteiger partial charge on any atom is -0.341 e. The molecule has 2 rings (SSSR count). The molecule has 3 nitrogen and oxygen atoms in total. The van der Waals surface area contributed by atoms with Gasteiger partial charge in [0.25, 0.3) is 0 Å². The summed E-state index contributed by atoms with van der Waals surface area (Å²) < 4.78 is 0. The quantitative estimate of drug-likeness (QED) is 0.619. The van der Waals surface area contributed by atoms with Gasteiger partial charge in [-0.05, 0) is 19.8 Å². The summed E-state index contributed by atoms with van der Waals surface area (Å²) in [6.07, 6.45) is 4.88. The lowest BCUT2D eigenvalue weighted by Gasteiger charge is -2.38. The average molecular weight is 205 g/mol. The Bertz CT molecular complexity index is 198. The van der Waals surface area contributed by atoms with Crippen LogP contribution in [0.25, 0.3) is 0 Å². The first-order valence-electron chi connectivity index (χ1n) is 4.84. The largest absolute Gasteiger partial charge is 0.341 e.